The highest BCUT2D eigenvalue weighted by atomic mass is 16.5. The van der Waals surface area contributed by atoms with E-state index in [1.807, 2.05) is 13.8 Å². The van der Waals surface area contributed by atoms with Crippen LogP contribution in [-0.2, 0) is 14.3 Å². The van der Waals surface area contributed by atoms with E-state index in [9.17, 15) is 9.59 Å². The SMILES string of the molecule is CC1(C2CC2)NC(=O)CN(C2(C)CCCOC2)C1=O. The second kappa shape index (κ2) is 4.20. The largest absolute Gasteiger partial charge is 0.379 e. The highest BCUT2D eigenvalue weighted by molar-refractivity contribution is 5.98. The predicted octanol–water partition coefficient (Wildman–Crippen LogP) is 0.683. The van der Waals surface area contributed by atoms with Crippen LogP contribution in [0.3, 0.4) is 0 Å². The fourth-order valence-electron chi connectivity index (χ4n) is 3.38. The van der Waals surface area contributed by atoms with Crippen LogP contribution in [0.4, 0.5) is 0 Å². The molecule has 0 aromatic heterocycles. The molecule has 2 aliphatic heterocycles. The number of nitrogens with one attached hydrogen (secondary N) is 1. The fourth-order valence-corrected chi connectivity index (χ4v) is 3.38. The Kier molecular flexibility index (Phi) is 2.85. The van der Waals surface area contributed by atoms with Crippen molar-refractivity contribution in [3.05, 3.63) is 0 Å². The Hall–Kier alpha value is -1.10. The van der Waals surface area contributed by atoms with Crippen molar-refractivity contribution in [1.82, 2.24) is 10.2 Å². The summed E-state index contributed by atoms with van der Waals surface area (Å²) in [5.41, 5.74) is -1.03. The summed E-state index contributed by atoms with van der Waals surface area (Å²) in [6.07, 6.45) is 3.92. The average molecular weight is 266 g/mol. The molecule has 1 saturated carbocycles. The Morgan fingerprint density at radius 1 is 1.32 bits per heavy atom. The Morgan fingerprint density at radius 3 is 2.63 bits per heavy atom. The van der Waals surface area contributed by atoms with Crippen molar-refractivity contribution in [2.24, 2.45) is 5.92 Å². The van der Waals surface area contributed by atoms with Gasteiger partial charge in [-0.05, 0) is 45.4 Å². The van der Waals surface area contributed by atoms with E-state index in [0.29, 0.717) is 12.5 Å². The first-order valence-corrected chi connectivity index (χ1v) is 7.16. The highest BCUT2D eigenvalue weighted by Crippen LogP contribution is 2.43. The predicted molar refractivity (Wildman–Crippen MR) is 69.4 cm³/mol. The van der Waals surface area contributed by atoms with E-state index in [1.54, 1.807) is 4.90 Å². The monoisotopic (exact) mass is 266 g/mol. The van der Waals surface area contributed by atoms with Crippen LogP contribution in [0.15, 0.2) is 0 Å². The molecule has 0 bridgehead atoms. The van der Waals surface area contributed by atoms with Crippen LogP contribution in [0.5, 0.6) is 0 Å². The molecule has 5 nitrogen and oxygen atoms in total. The summed E-state index contributed by atoms with van der Waals surface area (Å²) in [6.45, 7) is 5.37. The smallest absolute Gasteiger partial charge is 0.249 e. The number of nitrogens with zero attached hydrogens (tertiary/aromatic N) is 1. The fraction of sp³-hybridized carbons (Fsp3) is 0.857. The van der Waals surface area contributed by atoms with Crippen molar-refractivity contribution in [2.75, 3.05) is 19.8 Å². The van der Waals surface area contributed by atoms with Crippen molar-refractivity contribution in [2.45, 2.75) is 50.6 Å². The number of carbonyl (C=O) groups is 2. The Bertz CT molecular complexity index is 413. The molecule has 0 radical (unpaired) electrons. The minimum absolute atomic E-state index is 0.0409. The zero-order valence-corrected chi connectivity index (χ0v) is 11.7. The van der Waals surface area contributed by atoms with E-state index in [-0.39, 0.29) is 23.9 Å². The summed E-state index contributed by atoms with van der Waals surface area (Å²) < 4.78 is 5.54. The topological polar surface area (TPSA) is 58.6 Å². The molecular weight excluding hydrogens is 244 g/mol. The second-order valence-corrected chi connectivity index (χ2v) is 6.57. The first kappa shape index (κ1) is 12.9. The molecule has 5 heteroatoms. The highest BCUT2D eigenvalue weighted by Gasteiger charge is 2.55. The standard InChI is InChI=1S/C14H22N2O3/c1-13(6-3-7-19-9-13)16-8-11(17)15-14(2,12(16)18)10-4-5-10/h10H,3-9H2,1-2H3,(H,15,17). The Labute approximate surface area is 113 Å². The van der Waals surface area contributed by atoms with Gasteiger partial charge in [-0.2, -0.15) is 0 Å². The summed E-state index contributed by atoms with van der Waals surface area (Å²) in [4.78, 5) is 26.6. The van der Waals surface area contributed by atoms with Gasteiger partial charge in [0.2, 0.25) is 11.8 Å². The molecule has 0 aromatic carbocycles. The lowest BCUT2D eigenvalue weighted by Gasteiger charge is -2.49. The molecule has 2 amide bonds. The van der Waals surface area contributed by atoms with Gasteiger partial charge >= 0.3 is 0 Å². The van der Waals surface area contributed by atoms with Crippen LogP contribution in [0, 0.1) is 5.92 Å². The second-order valence-electron chi connectivity index (χ2n) is 6.57. The van der Waals surface area contributed by atoms with Crippen LogP contribution in [0.1, 0.15) is 39.5 Å². The molecule has 1 N–H and O–H groups in total. The van der Waals surface area contributed by atoms with Crippen molar-refractivity contribution >= 4 is 11.8 Å². The van der Waals surface area contributed by atoms with E-state index in [0.717, 1.165) is 32.3 Å². The zero-order valence-electron chi connectivity index (χ0n) is 11.7. The maximum Gasteiger partial charge on any atom is 0.249 e. The molecule has 3 aliphatic rings. The number of rotatable bonds is 2. The first-order valence-electron chi connectivity index (χ1n) is 7.16. The third-order valence-corrected chi connectivity index (χ3v) is 4.85. The average Bonchev–Trinajstić information content (AvgIpc) is 3.19. The molecule has 0 aromatic rings. The molecule has 2 atom stereocenters. The van der Waals surface area contributed by atoms with E-state index in [1.165, 1.54) is 0 Å². The van der Waals surface area contributed by atoms with Crippen molar-refractivity contribution in [1.29, 1.82) is 0 Å². The molecule has 3 rings (SSSR count). The molecule has 3 fully saturated rings. The van der Waals surface area contributed by atoms with E-state index >= 15 is 0 Å². The van der Waals surface area contributed by atoms with Crippen LogP contribution in [-0.4, -0.2) is 47.6 Å². The molecule has 106 valence electrons. The quantitative estimate of drug-likeness (QED) is 0.799. The molecule has 1 aliphatic carbocycles. The number of ether oxygens (including phenoxy) is 1. The third-order valence-electron chi connectivity index (χ3n) is 4.85. The van der Waals surface area contributed by atoms with E-state index in [2.05, 4.69) is 5.32 Å². The number of amides is 2. The minimum atomic E-state index is -0.699. The van der Waals surface area contributed by atoms with Crippen molar-refractivity contribution in [3.8, 4) is 0 Å². The van der Waals surface area contributed by atoms with E-state index < -0.39 is 5.54 Å². The lowest BCUT2D eigenvalue weighted by atomic mass is 9.85. The van der Waals surface area contributed by atoms with Gasteiger partial charge in [0.05, 0.1) is 12.1 Å². The lowest BCUT2D eigenvalue weighted by Crippen LogP contribution is -2.71. The van der Waals surface area contributed by atoms with Gasteiger partial charge in [0.1, 0.15) is 12.1 Å². The Balaban J connectivity index is 1.87. The number of hydrogen-bond donors (Lipinski definition) is 1. The first-order chi connectivity index (χ1) is 8.96. The molecule has 0 spiro atoms. The normalized spacial score (nSPS) is 40.2. The minimum Gasteiger partial charge on any atom is -0.379 e. The van der Waals surface area contributed by atoms with Crippen LogP contribution >= 0.6 is 0 Å². The summed E-state index contributed by atoms with van der Waals surface area (Å²) >= 11 is 0. The molecular formula is C14H22N2O3. The third kappa shape index (κ3) is 2.04. The van der Waals surface area contributed by atoms with Crippen molar-refractivity contribution in [3.63, 3.8) is 0 Å². The zero-order chi connectivity index (χ0) is 13.7. The van der Waals surface area contributed by atoms with Gasteiger partial charge in [-0.25, -0.2) is 0 Å². The van der Waals surface area contributed by atoms with Gasteiger partial charge in [-0.3, -0.25) is 9.59 Å². The van der Waals surface area contributed by atoms with E-state index in [4.69, 9.17) is 4.74 Å². The molecule has 2 saturated heterocycles. The number of carbonyl (C=O) groups excluding carboxylic acids is 2. The maximum atomic E-state index is 12.8. The molecule has 2 heterocycles. The summed E-state index contributed by atoms with van der Waals surface area (Å²) in [7, 11) is 0. The summed E-state index contributed by atoms with van der Waals surface area (Å²) in [6, 6.07) is 0. The van der Waals surface area contributed by atoms with Gasteiger partial charge in [0.25, 0.3) is 0 Å². The van der Waals surface area contributed by atoms with Gasteiger partial charge in [0, 0.05) is 6.61 Å². The number of hydrogen-bond acceptors (Lipinski definition) is 3. The number of piperazine rings is 1. The van der Waals surface area contributed by atoms with Gasteiger partial charge in [-0.15, -0.1) is 0 Å². The summed E-state index contributed by atoms with van der Waals surface area (Å²) in [5, 5.41) is 2.92. The molecule has 19 heavy (non-hydrogen) atoms. The van der Waals surface area contributed by atoms with Gasteiger partial charge in [0.15, 0.2) is 0 Å². The molecule has 2 unspecified atom stereocenters. The summed E-state index contributed by atoms with van der Waals surface area (Å²) in [5.74, 6) is 0.336. The van der Waals surface area contributed by atoms with Crippen LogP contribution in [0.25, 0.3) is 0 Å². The Morgan fingerprint density at radius 2 is 2.05 bits per heavy atom. The van der Waals surface area contributed by atoms with Gasteiger partial charge in [-0.1, -0.05) is 0 Å². The van der Waals surface area contributed by atoms with Gasteiger partial charge < -0.3 is 15.0 Å². The maximum absolute atomic E-state index is 12.8. The lowest BCUT2D eigenvalue weighted by molar-refractivity contribution is -0.161. The van der Waals surface area contributed by atoms with Crippen LogP contribution < -0.4 is 5.32 Å². The van der Waals surface area contributed by atoms with Crippen molar-refractivity contribution < 1.29 is 14.3 Å². The van der Waals surface area contributed by atoms with Crippen LogP contribution in [0.2, 0.25) is 0 Å².